The Morgan fingerprint density at radius 1 is 1.45 bits per heavy atom. The number of nitrogens with zero attached hydrogens (tertiary/aromatic N) is 2. The molecule has 1 amide bonds. The largest absolute Gasteiger partial charge is 0.368 e. The van der Waals surface area contributed by atoms with E-state index in [1.54, 1.807) is 0 Å². The smallest absolute Gasteiger partial charge is 0.252 e. The number of piperidine rings is 1. The van der Waals surface area contributed by atoms with Crippen LogP contribution in [0.15, 0.2) is 0 Å². The Balaban J connectivity index is 1.72. The van der Waals surface area contributed by atoms with Crippen LogP contribution in [0.3, 0.4) is 0 Å². The Labute approximate surface area is 123 Å². The number of nitrogens with one attached hydrogen (secondary N) is 2. The number of aromatic nitrogens is 2. The van der Waals surface area contributed by atoms with Crippen LogP contribution >= 0.6 is 11.3 Å². The third kappa shape index (κ3) is 5.15. The van der Waals surface area contributed by atoms with Crippen LogP contribution in [-0.2, 0) is 16.0 Å². The van der Waals surface area contributed by atoms with E-state index >= 15 is 0 Å². The van der Waals surface area contributed by atoms with E-state index in [2.05, 4.69) is 34.7 Å². The number of ether oxygens (including phenoxy) is 1. The van der Waals surface area contributed by atoms with Crippen molar-refractivity contribution in [1.29, 1.82) is 0 Å². The molecular formula is C13H22N4O2S. The van der Waals surface area contributed by atoms with Crippen molar-refractivity contribution in [2.24, 2.45) is 5.92 Å². The van der Waals surface area contributed by atoms with E-state index in [-0.39, 0.29) is 18.6 Å². The van der Waals surface area contributed by atoms with Crippen LogP contribution in [0.1, 0.15) is 31.7 Å². The standard InChI is InChI=1S/C13H22N4O2S/c1-9(2)7-12-16-17-13(20-12)15-11(18)8-19-10-3-5-14-6-4-10/h9-10,14H,3-8H2,1-2H3,(H,15,17,18). The zero-order chi connectivity index (χ0) is 14.4. The van der Waals surface area contributed by atoms with Crippen molar-refractivity contribution in [3.63, 3.8) is 0 Å². The highest BCUT2D eigenvalue weighted by Gasteiger charge is 2.15. The van der Waals surface area contributed by atoms with Gasteiger partial charge in [-0.15, -0.1) is 10.2 Å². The van der Waals surface area contributed by atoms with Gasteiger partial charge in [0.2, 0.25) is 5.13 Å². The molecule has 1 aliphatic heterocycles. The summed E-state index contributed by atoms with van der Waals surface area (Å²) in [6, 6.07) is 0. The van der Waals surface area contributed by atoms with Gasteiger partial charge in [-0.3, -0.25) is 10.1 Å². The highest BCUT2D eigenvalue weighted by atomic mass is 32.1. The maximum absolute atomic E-state index is 11.8. The number of rotatable bonds is 6. The number of anilines is 1. The van der Waals surface area contributed by atoms with Crippen molar-refractivity contribution in [1.82, 2.24) is 15.5 Å². The molecule has 2 N–H and O–H groups in total. The van der Waals surface area contributed by atoms with Crippen LogP contribution in [0.4, 0.5) is 5.13 Å². The van der Waals surface area contributed by atoms with Gasteiger partial charge in [0.1, 0.15) is 11.6 Å². The second-order valence-electron chi connectivity index (χ2n) is 5.41. The first-order valence-corrected chi connectivity index (χ1v) is 7.89. The summed E-state index contributed by atoms with van der Waals surface area (Å²) in [5, 5.41) is 15.6. The van der Waals surface area contributed by atoms with E-state index in [9.17, 15) is 4.79 Å². The lowest BCUT2D eigenvalue weighted by Crippen LogP contribution is -2.34. The maximum Gasteiger partial charge on any atom is 0.252 e. The minimum atomic E-state index is -0.157. The molecule has 7 heteroatoms. The highest BCUT2D eigenvalue weighted by Crippen LogP contribution is 2.18. The predicted octanol–water partition coefficient (Wildman–Crippen LogP) is 1.44. The highest BCUT2D eigenvalue weighted by molar-refractivity contribution is 7.15. The van der Waals surface area contributed by atoms with Crippen LogP contribution in [-0.4, -0.2) is 41.9 Å². The second kappa shape index (κ2) is 7.66. The molecule has 1 aliphatic rings. The molecule has 0 saturated carbocycles. The molecule has 112 valence electrons. The zero-order valence-corrected chi connectivity index (χ0v) is 12.8. The molecule has 0 radical (unpaired) electrons. The molecule has 1 saturated heterocycles. The van der Waals surface area contributed by atoms with E-state index in [1.165, 1.54) is 11.3 Å². The lowest BCUT2D eigenvalue weighted by atomic mass is 10.1. The molecular weight excluding hydrogens is 276 g/mol. The first-order chi connectivity index (χ1) is 9.63. The fraction of sp³-hybridized carbons (Fsp3) is 0.769. The first-order valence-electron chi connectivity index (χ1n) is 7.08. The molecule has 1 aromatic rings. The molecule has 20 heavy (non-hydrogen) atoms. The summed E-state index contributed by atoms with van der Waals surface area (Å²) in [6.45, 7) is 6.27. The quantitative estimate of drug-likeness (QED) is 0.831. The molecule has 1 fully saturated rings. The molecule has 0 atom stereocenters. The number of hydrogen-bond acceptors (Lipinski definition) is 6. The van der Waals surface area contributed by atoms with Gasteiger partial charge in [-0.1, -0.05) is 25.2 Å². The first kappa shape index (κ1) is 15.3. The summed E-state index contributed by atoms with van der Waals surface area (Å²) >= 11 is 1.43. The van der Waals surface area contributed by atoms with Gasteiger partial charge in [0.25, 0.3) is 5.91 Å². The van der Waals surface area contributed by atoms with Crippen molar-refractivity contribution in [2.45, 2.75) is 39.2 Å². The Bertz CT molecular complexity index is 430. The van der Waals surface area contributed by atoms with Gasteiger partial charge in [-0.25, -0.2) is 0 Å². The minimum absolute atomic E-state index is 0.0871. The van der Waals surface area contributed by atoms with Gasteiger partial charge in [0, 0.05) is 6.42 Å². The van der Waals surface area contributed by atoms with Crippen molar-refractivity contribution in [2.75, 3.05) is 25.0 Å². The lowest BCUT2D eigenvalue weighted by Gasteiger charge is -2.22. The summed E-state index contributed by atoms with van der Waals surface area (Å²) in [6.07, 6.45) is 3.00. The molecule has 6 nitrogen and oxygen atoms in total. The Morgan fingerprint density at radius 3 is 2.90 bits per heavy atom. The zero-order valence-electron chi connectivity index (χ0n) is 12.0. The van der Waals surface area contributed by atoms with Gasteiger partial charge in [0.15, 0.2) is 0 Å². The van der Waals surface area contributed by atoms with E-state index in [1.807, 2.05) is 0 Å². The fourth-order valence-corrected chi connectivity index (χ4v) is 3.01. The van der Waals surface area contributed by atoms with Crippen molar-refractivity contribution in [3.8, 4) is 0 Å². The summed E-state index contributed by atoms with van der Waals surface area (Å²) in [7, 11) is 0. The average Bonchev–Trinajstić information content (AvgIpc) is 2.84. The van der Waals surface area contributed by atoms with Gasteiger partial charge >= 0.3 is 0 Å². The van der Waals surface area contributed by atoms with E-state index in [4.69, 9.17) is 4.74 Å². The number of hydrogen-bond donors (Lipinski definition) is 2. The lowest BCUT2D eigenvalue weighted by molar-refractivity contribution is -0.123. The molecule has 2 heterocycles. The second-order valence-corrected chi connectivity index (χ2v) is 6.47. The third-order valence-electron chi connectivity index (χ3n) is 3.03. The molecule has 0 spiro atoms. The van der Waals surface area contributed by atoms with Crippen LogP contribution in [0.5, 0.6) is 0 Å². The predicted molar refractivity (Wildman–Crippen MR) is 78.9 cm³/mol. The summed E-state index contributed by atoms with van der Waals surface area (Å²) in [4.78, 5) is 11.8. The van der Waals surface area contributed by atoms with Gasteiger partial charge < -0.3 is 10.1 Å². The van der Waals surface area contributed by atoms with E-state index < -0.39 is 0 Å². The molecule has 2 rings (SSSR count). The SMILES string of the molecule is CC(C)Cc1nnc(NC(=O)COC2CCNCC2)s1. The summed E-state index contributed by atoms with van der Waals surface area (Å²) in [5.41, 5.74) is 0. The molecule has 0 unspecified atom stereocenters. The van der Waals surface area contributed by atoms with E-state index in [0.717, 1.165) is 37.4 Å². The fourth-order valence-electron chi connectivity index (χ4n) is 2.05. The van der Waals surface area contributed by atoms with Crippen molar-refractivity contribution < 1.29 is 9.53 Å². The van der Waals surface area contributed by atoms with E-state index in [0.29, 0.717) is 11.0 Å². The number of amides is 1. The molecule has 1 aromatic heterocycles. The van der Waals surface area contributed by atoms with Crippen molar-refractivity contribution >= 4 is 22.4 Å². The van der Waals surface area contributed by atoms with Crippen molar-refractivity contribution in [3.05, 3.63) is 5.01 Å². The Hall–Kier alpha value is -1.05. The third-order valence-corrected chi connectivity index (χ3v) is 3.89. The number of carbonyl (C=O) groups excluding carboxylic acids is 1. The van der Waals surface area contributed by atoms with Gasteiger partial charge in [-0.05, 0) is 31.8 Å². The van der Waals surface area contributed by atoms with Gasteiger partial charge in [0.05, 0.1) is 6.10 Å². The van der Waals surface area contributed by atoms with Crippen LogP contribution in [0.2, 0.25) is 0 Å². The Kier molecular flexibility index (Phi) is 5.87. The summed E-state index contributed by atoms with van der Waals surface area (Å²) < 4.78 is 5.59. The Morgan fingerprint density at radius 2 is 2.20 bits per heavy atom. The monoisotopic (exact) mass is 298 g/mol. The normalized spacial score (nSPS) is 16.6. The number of carbonyl (C=O) groups is 1. The average molecular weight is 298 g/mol. The van der Waals surface area contributed by atoms with Crippen LogP contribution in [0.25, 0.3) is 0 Å². The molecule has 0 bridgehead atoms. The summed E-state index contributed by atoms with van der Waals surface area (Å²) in [5.74, 6) is 0.380. The van der Waals surface area contributed by atoms with Crippen LogP contribution < -0.4 is 10.6 Å². The topological polar surface area (TPSA) is 76.1 Å². The molecule has 0 aromatic carbocycles. The van der Waals surface area contributed by atoms with Crippen LogP contribution in [0, 0.1) is 5.92 Å². The minimum Gasteiger partial charge on any atom is -0.368 e. The molecule has 0 aliphatic carbocycles. The van der Waals surface area contributed by atoms with Gasteiger partial charge in [-0.2, -0.15) is 0 Å². The maximum atomic E-state index is 11.8.